The van der Waals surface area contributed by atoms with Crippen molar-refractivity contribution in [2.24, 2.45) is 0 Å². The summed E-state index contributed by atoms with van der Waals surface area (Å²) >= 11 is 5.71. The first-order valence-electron chi connectivity index (χ1n) is 4.20. The molecule has 5 heteroatoms. The lowest BCUT2D eigenvalue weighted by atomic mass is 10.3. The van der Waals surface area contributed by atoms with Gasteiger partial charge in [0.15, 0.2) is 0 Å². The molecule has 3 nitrogen and oxygen atoms in total. The third-order valence-corrected chi connectivity index (χ3v) is 8.12. The summed E-state index contributed by atoms with van der Waals surface area (Å²) in [6.45, 7) is 0.814. The van der Waals surface area contributed by atoms with Crippen molar-refractivity contribution in [2.75, 3.05) is 41.3 Å². The Labute approximate surface area is 80.5 Å². The molecule has 1 saturated heterocycles. The molecule has 0 aliphatic carbocycles. The van der Waals surface area contributed by atoms with Crippen molar-refractivity contribution < 1.29 is 0 Å². The van der Waals surface area contributed by atoms with Gasteiger partial charge in [-0.15, -0.1) is 0 Å². The van der Waals surface area contributed by atoms with E-state index in [2.05, 4.69) is 42.2 Å². The second-order valence-corrected chi connectivity index (χ2v) is 8.18. The summed E-state index contributed by atoms with van der Waals surface area (Å²) in [6, 6.07) is 0. The summed E-state index contributed by atoms with van der Waals surface area (Å²) in [5.41, 5.74) is 0. The Kier molecular flexibility index (Phi) is 3.29. The maximum absolute atomic E-state index is 5.71. The van der Waals surface area contributed by atoms with E-state index in [9.17, 15) is 0 Å². The van der Waals surface area contributed by atoms with Gasteiger partial charge in [-0.3, -0.25) is 14.0 Å². The van der Waals surface area contributed by atoms with Crippen LogP contribution in [-0.2, 0) is 11.8 Å². The van der Waals surface area contributed by atoms with Crippen LogP contribution < -0.4 is 0 Å². The Morgan fingerprint density at radius 2 is 1.50 bits per heavy atom. The SMILES string of the molecule is CN(C)P(=S)(N(C)C)N1CCC1. The van der Waals surface area contributed by atoms with Gasteiger partial charge >= 0.3 is 0 Å². The molecule has 1 aliphatic rings. The van der Waals surface area contributed by atoms with Crippen molar-refractivity contribution in [1.82, 2.24) is 14.0 Å². The fourth-order valence-corrected chi connectivity index (χ4v) is 4.45. The second-order valence-electron chi connectivity index (χ2n) is 3.51. The van der Waals surface area contributed by atoms with Crippen LogP contribution in [0.1, 0.15) is 6.42 Å². The molecule has 0 atom stereocenters. The van der Waals surface area contributed by atoms with E-state index in [0.717, 1.165) is 0 Å². The Hall–Kier alpha value is 0.530. The molecule has 1 rings (SSSR count). The highest BCUT2D eigenvalue weighted by Gasteiger charge is 2.33. The molecule has 1 heterocycles. The van der Waals surface area contributed by atoms with Crippen LogP contribution >= 0.6 is 6.49 Å². The van der Waals surface area contributed by atoms with E-state index in [0.29, 0.717) is 0 Å². The van der Waals surface area contributed by atoms with Gasteiger partial charge in [-0.25, -0.2) is 0 Å². The summed E-state index contributed by atoms with van der Waals surface area (Å²) in [7, 11) is 8.33. The molecule has 0 aromatic heterocycles. The molecule has 1 fully saturated rings. The number of nitrogens with zero attached hydrogens (tertiary/aromatic N) is 3. The predicted molar refractivity (Wildman–Crippen MR) is 57.8 cm³/mol. The van der Waals surface area contributed by atoms with Gasteiger partial charge in [-0.2, -0.15) is 0 Å². The predicted octanol–water partition coefficient (Wildman–Crippen LogP) is 1.04. The van der Waals surface area contributed by atoms with Crippen molar-refractivity contribution >= 4 is 18.3 Å². The third-order valence-electron chi connectivity index (χ3n) is 2.24. The summed E-state index contributed by atoms with van der Waals surface area (Å²) in [4.78, 5) is 0. The molecule has 0 saturated carbocycles. The molecule has 0 aromatic carbocycles. The Balaban J connectivity index is 2.78. The minimum absolute atomic E-state index is 1.17. The zero-order chi connectivity index (χ0) is 9.35. The van der Waals surface area contributed by atoms with Crippen LogP contribution in [0, 0.1) is 0 Å². The van der Waals surface area contributed by atoms with Crippen molar-refractivity contribution in [3.8, 4) is 0 Å². The van der Waals surface area contributed by atoms with E-state index in [1.165, 1.54) is 19.5 Å². The zero-order valence-electron chi connectivity index (χ0n) is 8.32. The normalized spacial score (nSPS) is 20.2. The van der Waals surface area contributed by atoms with Gasteiger partial charge in [0.25, 0.3) is 0 Å². The smallest absolute Gasteiger partial charge is 0.144 e. The highest BCUT2D eigenvalue weighted by Crippen LogP contribution is 2.55. The Bertz CT molecular complexity index is 189. The van der Waals surface area contributed by atoms with E-state index in [1.807, 2.05) is 0 Å². The molecule has 0 N–H and O–H groups in total. The molecule has 72 valence electrons. The number of hydrogen-bond donors (Lipinski definition) is 0. The molecule has 0 radical (unpaired) electrons. The summed E-state index contributed by atoms with van der Waals surface area (Å²) < 4.78 is 6.81. The van der Waals surface area contributed by atoms with Gasteiger partial charge in [-0.05, 0) is 46.4 Å². The minimum Gasteiger partial charge on any atom is -0.258 e. The first-order valence-corrected chi connectivity index (χ1v) is 6.86. The fourth-order valence-electron chi connectivity index (χ4n) is 1.42. The van der Waals surface area contributed by atoms with Gasteiger partial charge in [-0.1, -0.05) is 0 Å². The first kappa shape index (κ1) is 10.6. The van der Waals surface area contributed by atoms with Crippen molar-refractivity contribution in [3.05, 3.63) is 0 Å². The summed E-state index contributed by atoms with van der Waals surface area (Å²) in [5, 5.41) is 0. The lowest BCUT2D eigenvalue weighted by Gasteiger charge is -2.47. The quantitative estimate of drug-likeness (QED) is 0.639. The van der Waals surface area contributed by atoms with Gasteiger partial charge in [0.2, 0.25) is 0 Å². The number of hydrogen-bond acceptors (Lipinski definition) is 1. The van der Waals surface area contributed by atoms with Crippen LogP contribution in [0.15, 0.2) is 0 Å². The summed E-state index contributed by atoms with van der Waals surface area (Å²) in [5.74, 6) is 0. The van der Waals surface area contributed by atoms with Crippen molar-refractivity contribution in [2.45, 2.75) is 6.42 Å². The Morgan fingerprint density at radius 1 is 1.08 bits per heavy atom. The molecule has 0 amide bonds. The van der Waals surface area contributed by atoms with Crippen LogP contribution in [0.25, 0.3) is 0 Å². The molecule has 0 unspecified atom stereocenters. The van der Waals surface area contributed by atoms with E-state index in [-0.39, 0.29) is 0 Å². The highest BCUT2D eigenvalue weighted by molar-refractivity contribution is 8.11. The standard InChI is InChI=1S/C7H18N3PS/c1-8(2)11(12,9(3)4)10-6-5-7-10/h5-7H2,1-4H3. The maximum atomic E-state index is 5.71. The van der Waals surface area contributed by atoms with E-state index in [4.69, 9.17) is 11.8 Å². The minimum atomic E-state index is -1.53. The third kappa shape index (κ3) is 1.59. The van der Waals surface area contributed by atoms with Crippen LogP contribution in [-0.4, -0.2) is 55.3 Å². The molecule has 0 spiro atoms. The van der Waals surface area contributed by atoms with Gasteiger partial charge in [0.1, 0.15) is 6.49 Å². The average molecular weight is 207 g/mol. The number of rotatable bonds is 3. The topological polar surface area (TPSA) is 9.72 Å². The molecular formula is C7H18N3PS. The maximum Gasteiger partial charge on any atom is 0.144 e. The second kappa shape index (κ2) is 3.72. The van der Waals surface area contributed by atoms with Crippen molar-refractivity contribution in [3.63, 3.8) is 0 Å². The van der Waals surface area contributed by atoms with Crippen molar-refractivity contribution in [1.29, 1.82) is 0 Å². The summed E-state index contributed by atoms with van der Waals surface area (Å²) in [6.07, 6.45) is 1.31. The van der Waals surface area contributed by atoms with E-state index >= 15 is 0 Å². The molecule has 0 aromatic rings. The Morgan fingerprint density at radius 3 is 1.58 bits per heavy atom. The monoisotopic (exact) mass is 207 g/mol. The van der Waals surface area contributed by atoms with Crippen LogP contribution in [0.5, 0.6) is 0 Å². The lowest BCUT2D eigenvalue weighted by molar-refractivity contribution is 0.294. The first-order chi connectivity index (χ1) is 5.49. The van der Waals surface area contributed by atoms with Crippen LogP contribution in [0.4, 0.5) is 0 Å². The van der Waals surface area contributed by atoms with Gasteiger partial charge < -0.3 is 0 Å². The molecule has 0 bridgehead atoms. The highest BCUT2D eigenvalue weighted by atomic mass is 32.4. The van der Waals surface area contributed by atoms with E-state index in [1.54, 1.807) is 0 Å². The van der Waals surface area contributed by atoms with Crippen LogP contribution in [0.2, 0.25) is 0 Å². The molecule has 1 aliphatic heterocycles. The fraction of sp³-hybridized carbons (Fsp3) is 1.00. The van der Waals surface area contributed by atoms with Gasteiger partial charge in [0.05, 0.1) is 0 Å². The van der Waals surface area contributed by atoms with Crippen LogP contribution in [0.3, 0.4) is 0 Å². The largest absolute Gasteiger partial charge is 0.258 e. The average Bonchev–Trinajstić information content (AvgIpc) is 1.82. The van der Waals surface area contributed by atoms with Gasteiger partial charge in [0, 0.05) is 13.1 Å². The molecular weight excluding hydrogens is 189 g/mol. The molecule has 12 heavy (non-hydrogen) atoms. The van der Waals surface area contributed by atoms with E-state index < -0.39 is 6.49 Å². The lowest BCUT2D eigenvalue weighted by Crippen LogP contribution is -2.42. The zero-order valence-corrected chi connectivity index (χ0v) is 10.0.